The van der Waals surface area contributed by atoms with Crippen LogP contribution in [0.15, 0.2) is 21.7 Å². The molecule has 5 atom stereocenters. The van der Waals surface area contributed by atoms with E-state index in [1.807, 2.05) is 0 Å². The number of imide groups is 1. The number of esters is 4. The largest absolute Gasteiger partial charge is 0.463 e. The molecule has 1 aromatic rings. The Hall–Kier alpha value is -4.87. The van der Waals surface area contributed by atoms with Gasteiger partial charge in [0, 0.05) is 27.7 Å². The van der Waals surface area contributed by atoms with Gasteiger partial charge >= 0.3 is 35.8 Å². The van der Waals surface area contributed by atoms with Crippen LogP contribution in [-0.2, 0) is 47.7 Å². The van der Waals surface area contributed by atoms with E-state index in [4.69, 9.17) is 28.1 Å². The van der Waals surface area contributed by atoms with Gasteiger partial charge in [-0.1, -0.05) is 0 Å². The summed E-state index contributed by atoms with van der Waals surface area (Å²) in [7, 11) is 0. The summed E-state index contributed by atoms with van der Waals surface area (Å²) in [5, 5.41) is 15.3. The first-order valence-electron chi connectivity index (χ1n) is 11.5. The standard InChI is InChI=1S/C22H24N4O14/c1-10(27)35-9-15-18(36-11(2)28)19(37-12(3)29)20(38-13(4)30)21(40-15)25-16(31)8-24(22(25)32)23-7-14-5-6-17(39-14)26(33)34/h5-7,15,18-21H,8-9H2,1-4H3/b23-7+/t15-,18-,19+,20-,21+/m1/s1. The summed E-state index contributed by atoms with van der Waals surface area (Å²) in [6, 6.07) is 1.19. The molecule has 0 spiro atoms. The van der Waals surface area contributed by atoms with E-state index in [-0.39, 0.29) is 5.76 Å². The summed E-state index contributed by atoms with van der Waals surface area (Å²) >= 11 is 0. The molecular formula is C22H24N4O14. The highest BCUT2D eigenvalue weighted by atomic mass is 16.7. The Morgan fingerprint density at radius 3 is 2.15 bits per heavy atom. The summed E-state index contributed by atoms with van der Waals surface area (Å²) in [6.45, 7) is 2.94. The summed E-state index contributed by atoms with van der Waals surface area (Å²) in [4.78, 5) is 84.0. The van der Waals surface area contributed by atoms with Gasteiger partial charge in [-0.3, -0.25) is 34.1 Å². The molecule has 1 aromatic heterocycles. The van der Waals surface area contributed by atoms with Crippen LogP contribution in [0.4, 0.5) is 10.7 Å². The first kappa shape index (κ1) is 29.7. The van der Waals surface area contributed by atoms with Gasteiger partial charge in [0.25, 0.3) is 5.91 Å². The van der Waals surface area contributed by atoms with Gasteiger partial charge in [0.05, 0.1) is 12.3 Å². The van der Waals surface area contributed by atoms with Gasteiger partial charge in [0.15, 0.2) is 30.3 Å². The number of nitrogens with zero attached hydrogens (tertiary/aromatic N) is 4. The fourth-order valence-electron chi connectivity index (χ4n) is 3.89. The van der Waals surface area contributed by atoms with Crippen molar-refractivity contribution >= 4 is 47.9 Å². The van der Waals surface area contributed by atoms with Crippen molar-refractivity contribution in [2.45, 2.75) is 58.3 Å². The van der Waals surface area contributed by atoms with Crippen molar-refractivity contribution in [3.8, 4) is 0 Å². The van der Waals surface area contributed by atoms with Gasteiger partial charge in [-0.15, -0.1) is 0 Å². The lowest BCUT2D eigenvalue weighted by Crippen LogP contribution is -2.67. The molecule has 3 rings (SSSR count). The van der Waals surface area contributed by atoms with E-state index in [0.29, 0.717) is 9.91 Å². The maximum Gasteiger partial charge on any atom is 0.433 e. The van der Waals surface area contributed by atoms with Gasteiger partial charge in [-0.2, -0.15) is 5.10 Å². The molecule has 2 aliphatic rings. The van der Waals surface area contributed by atoms with Crippen LogP contribution in [0.1, 0.15) is 33.5 Å². The maximum absolute atomic E-state index is 13.2. The van der Waals surface area contributed by atoms with Crippen molar-refractivity contribution in [2.75, 3.05) is 13.2 Å². The molecule has 18 nitrogen and oxygen atoms in total. The van der Waals surface area contributed by atoms with E-state index in [0.717, 1.165) is 40.0 Å². The van der Waals surface area contributed by atoms with E-state index in [1.165, 1.54) is 6.07 Å². The fourth-order valence-corrected chi connectivity index (χ4v) is 3.89. The molecule has 0 bridgehead atoms. The third-order valence-corrected chi connectivity index (χ3v) is 5.32. The van der Waals surface area contributed by atoms with Gasteiger partial charge in [-0.25, -0.2) is 14.7 Å². The molecule has 0 unspecified atom stereocenters. The van der Waals surface area contributed by atoms with Crippen molar-refractivity contribution in [1.29, 1.82) is 0 Å². The van der Waals surface area contributed by atoms with Crippen LogP contribution >= 0.6 is 0 Å². The van der Waals surface area contributed by atoms with E-state index in [9.17, 15) is 38.9 Å². The van der Waals surface area contributed by atoms with Crippen molar-refractivity contribution in [2.24, 2.45) is 5.10 Å². The fraction of sp³-hybridized carbons (Fsp3) is 0.500. The molecule has 0 saturated carbocycles. The Bertz CT molecular complexity index is 1240. The van der Waals surface area contributed by atoms with Crippen LogP contribution in [0.3, 0.4) is 0 Å². The van der Waals surface area contributed by atoms with Crippen molar-refractivity contribution in [1.82, 2.24) is 9.91 Å². The molecule has 2 saturated heterocycles. The number of carbonyl (C=O) groups is 6. The maximum atomic E-state index is 13.2. The second kappa shape index (κ2) is 12.3. The smallest absolute Gasteiger partial charge is 0.433 e. The topological polar surface area (TPSA) is 224 Å². The third kappa shape index (κ3) is 6.95. The van der Waals surface area contributed by atoms with Crippen LogP contribution < -0.4 is 0 Å². The second-order valence-corrected chi connectivity index (χ2v) is 8.37. The monoisotopic (exact) mass is 568 g/mol. The van der Waals surface area contributed by atoms with E-state index < -0.39 is 90.4 Å². The highest BCUT2D eigenvalue weighted by Crippen LogP contribution is 2.33. The average molecular weight is 568 g/mol. The van der Waals surface area contributed by atoms with Gasteiger partial charge in [-0.05, 0) is 6.07 Å². The Morgan fingerprint density at radius 1 is 1.00 bits per heavy atom. The van der Waals surface area contributed by atoms with Crippen LogP contribution in [0.2, 0.25) is 0 Å². The molecule has 3 amide bonds. The highest BCUT2D eigenvalue weighted by Gasteiger charge is 2.57. The molecule has 0 N–H and O–H groups in total. The van der Waals surface area contributed by atoms with Crippen LogP contribution in [0.25, 0.3) is 0 Å². The SMILES string of the molecule is CC(=O)OC[C@H]1O[C@H](N2C(=O)CN(/N=C/c3ccc([N+](=O)[O-])o3)C2=O)[C@H](OC(C)=O)[C@@H](OC(C)=O)[C@@H]1OC(C)=O. The lowest BCUT2D eigenvalue weighted by Gasteiger charge is -2.46. The molecule has 2 fully saturated rings. The molecule has 2 aliphatic heterocycles. The Kier molecular flexibility index (Phi) is 9.15. The Morgan fingerprint density at radius 2 is 1.60 bits per heavy atom. The van der Waals surface area contributed by atoms with Crippen LogP contribution in [-0.4, -0.2) is 101 Å². The van der Waals surface area contributed by atoms with E-state index >= 15 is 0 Å². The lowest BCUT2D eigenvalue weighted by atomic mass is 9.96. The predicted octanol–water partition coefficient (Wildman–Crippen LogP) is -0.131. The summed E-state index contributed by atoms with van der Waals surface area (Å²) in [6.07, 6.45) is -6.98. The van der Waals surface area contributed by atoms with Gasteiger partial charge in [0.1, 0.15) is 24.2 Å². The quantitative estimate of drug-likeness (QED) is 0.0945. The number of carbonyl (C=O) groups excluding carboxylic acids is 6. The van der Waals surface area contributed by atoms with Gasteiger partial charge in [0.2, 0.25) is 0 Å². The Labute approximate surface area is 224 Å². The van der Waals surface area contributed by atoms with Crippen LogP contribution in [0, 0.1) is 10.1 Å². The summed E-state index contributed by atoms with van der Waals surface area (Å²) in [5.74, 6) is -5.01. The molecule has 40 heavy (non-hydrogen) atoms. The van der Waals surface area contributed by atoms with E-state index in [1.54, 1.807) is 0 Å². The van der Waals surface area contributed by atoms with Crippen molar-refractivity contribution in [3.05, 3.63) is 28.0 Å². The molecule has 0 aliphatic carbocycles. The zero-order chi connectivity index (χ0) is 29.7. The number of hydrogen-bond acceptors (Lipinski definition) is 15. The molecule has 0 aromatic carbocycles. The number of hydrazone groups is 1. The van der Waals surface area contributed by atoms with Crippen LogP contribution in [0.5, 0.6) is 0 Å². The average Bonchev–Trinajstić information content (AvgIpc) is 3.42. The highest BCUT2D eigenvalue weighted by molar-refractivity contribution is 6.02. The number of hydrogen-bond donors (Lipinski definition) is 0. The Balaban J connectivity index is 1.97. The number of nitro groups is 1. The molecule has 18 heteroatoms. The number of furan rings is 1. The lowest BCUT2D eigenvalue weighted by molar-refractivity contribution is -0.402. The number of rotatable bonds is 9. The normalized spacial score (nSPS) is 24.6. The van der Waals surface area contributed by atoms with E-state index in [2.05, 4.69) is 5.10 Å². The first-order chi connectivity index (χ1) is 18.8. The summed E-state index contributed by atoms with van der Waals surface area (Å²) < 4.78 is 31.6. The van der Waals surface area contributed by atoms with Crippen molar-refractivity contribution in [3.63, 3.8) is 0 Å². The predicted molar refractivity (Wildman–Crippen MR) is 124 cm³/mol. The molecule has 216 valence electrons. The molecule has 3 heterocycles. The summed E-state index contributed by atoms with van der Waals surface area (Å²) in [5.41, 5.74) is 0. The zero-order valence-corrected chi connectivity index (χ0v) is 21.5. The molecular weight excluding hydrogens is 544 g/mol. The minimum Gasteiger partial charge on any atom is -0.463 e. The second-order valence-electron chi connectivity index (χ2n) is 8.37. The third-order valence-electron chi connectivity index (χ3n) is 5.32. The molecule has 0 radical (unpaired) electrons. The zero-order valence-electron chi connectivity index (χ0n) is 21.5. The first-order valence-corrected chi connectivity index (χ1v) is 11.5. The minimum absolute atomic E-state index is 0.0994. The van der Waals surface area contributed by atoms with Gasteiger partial charge < -0.3 is 28.1 Å². The van der Waals surface area contributed by atoms with Crippen molar-refractivity contribution < 1.29 is 61.8 Å². The number of ether oxygens (including phenoxy) is 5. The number of amides is 3. The number of urea groups is 1. The minimum atomic E-state index is -1.76.